The number of pyridine rings is 1. The second-order valence-electron chi connectivity index (χ2n) is 6.64. The molecule has 0 bridgehead atoms. The minimum Gasteiger partial charge on any atom is -0.494 e. The molecule has 0 saturated carbocycles. The molecule has 25 heavy (non-hydrogen) atoms. The van der Waals surface area contributed by atoms with E-state index in [1.54, 1.807) is 12.1 Å². The summed E-state index contributed by atoms with van der Waals surface area (Å²) in [6.07, 6.45) is 0. The molecule has 0 aliphatic heterocycles. The zero-order valence-electron chi connectivity index (χ0n) is 14.8. The summed E-state index contributed by atoms with van der Waals surface area (Å²) < 4.78 is 32.3. The van der Waals surface area contributed by atoms with Crippen molar-refractivity contribution in [1.82, 2.24) is 10.3 Å². The van der Waals surface area contributed by atoms with E-state index >= 15 is 0 Å². The normalized spacial score (nSPS) is 11.2. The third-order valence-corrected chi connectivity index (χ3v) is 3.35. The number of nitrogens with one attached hydrogen (secondary N) is 2. The second-order valence-corrected chi connectivity index (χ2v) is 6.64. The molecule has 7 heteroatoms. The van der Waals surface area contributed by atoms with Crippen LogP contribution < -0.4 is 15.4 Å². The molecule has 0 fully saturated rings. The summed E-state index contributed by atoms with van der Waals surface area (Å²) >= 11 is 0. The Labute approximate surface area is 145 Å². The Balaban J connectivity index is 2.38. The molecule has 0 atom stereocenters. The van der Waals surface area contributed by atoms with Gasteiger partial charge < -0.3 is 15.4 Å². The summed E-state index contributed by atoms with van der Waals surface area (Å²) in [5.74, 6) is -1.20. The third-order valence-electron chi connectivity index (χ3n) is 3.35. The molecular weight excluding hydrogens is 328 g/mol. The minimum atomic E-state index is -0.704. The van der Waals surface area contributed by atoms with Crippen LogP contribution >= 0.6 is 0 Å². The van der Waals surface area contributed by atoms with Gasteiger partial charge in [-0.15, -0.1) is 0 Å². The Morgan fingerprint density at radius 1 is 1.20 bits per heavy atom. The summed E-state index contributed by atoms with van der Waals surface area (Å²) in [6, 6.07) is 5.11. The zero-order chi connectivity index (χ0) is 18.8. The molecule has 0 saturated heterocycles. The quantitative estimate of drug-likeness (QED) is 0.877. The molecule has 1 aromatic heterocycles. The molecule has 134 valence electrons. The Morgan fingerprint density at radius 2 is 1.88 bits per heavy atom. The van der Waals surface area contributed by atoms with Crippen LogP contribution in [-0.2, 0) is 0 Å². The number of halogens is 2. The first-order valence-corrected chi connectivity index (χ1v) is 7.71. The second kappa shape index (κ2) is 7.04. The Hall–Kier alpha value is -2.70. The zero-order valence-corrected chi connectivity index (χ0v) is 14.8. The van der Waals surface area contributed by atoms with Gasteiger partial charge in [0.2, 0.25) is 0 Å². The predicted octanol–water partition coefficient (Wildman–Crippen LogP) is 3.95. The van der Waals surface area contributed by atoms with Crippen molar-refractivity contribution in [2.45, 2.75) is 33.2 Å². The lowest BCUT2D eigenvalue weighted by Gasteiger charge is -2.21. The first-order valence-electron chi connectivity index (χ1n) is 7.71. The molecule has 1 amide bonds. The number of rotatable bonds is 4. The smallest absolute Gasteiger partial charge is 0.274 e. The van der Waals surface area contributed by atoms with Crippen molar-refractivity contribution < 1.29 is 18.3 Å². The van der Waals surface area contributed by atoms with Gasteiger partial charge in [0.25, 0.3) is 5.91 Å². The molecule has 2 N–H and O–H groups in total. The van der Waals surface area contributed by atoms with Crippen LogP contribution in [0.2, 0.25) is 0 Å². The molecule has 1 aromatic carbocycles. The molecule has 5 nitrogen and oxygen atoms in total. The number of hydrogen-bond acceptors (Lipinski definition) is 4. The minimum absolute atomic E-state index is 0.0805. The average Bonchev–Trinajstić information content (AvgIpc) is 2.50. The number of benzene rings is 1. The van der Waals surface area contributed by atoms with Gasteiger partial charge in [0.1, 0.15) is 23.2 Å². The van der Waals surface area contributed by atoms with Crippen molar-refractivity contribution in [1.29, 1.82) is 0 Å². The van der Waals surface area contributed by atoms with Gasteiger partial charge in [0.15, 0.2) is 5.69 Å². The van der Waals surface area contributed by atoms with Gasteiger partial charge >= 0.3 is 0 Å². The Bertz CT molecular complexity index is 802. The first kappa shape index (κ1) is 18.6. The maximum absolute atomic E-state index is 13.7. The Kier molecular flexibility index (Phi) is 5.25. The highest BCUT2D eigenvalue weighted by atomic mass is 19.1. The highest BCUT2D eigenvalue weighted by Crippen LogP contribution is 2.26. The fraction of sp³-hybridized carbons (Fsp3) is 0.333. The highest BCUT2D eigenvalue weighted by molar-refractivity contribution is 5.95. The predicted molar refractivity (Wildman–Crippen MR) is 92.4 cm³/mol. The number of ether oxygens (including phenoxy) is 1. The van der Waals surface area contributed by atoms with Crippen molar-refractivity contribution in [3.05, 3.63) is 47.2 Å². The monoisotopic (exact) mass is 349 g/mol. The molecule has 0 aliphatic carbocycles. The topological polar surface area (TPSA) is 63.2 Å². The van der Waals surface area contributed by atoms with Crippen LogP contribution in [0.25, 0.3) is 0 Å². The van der Waals surface area contributed by atoms with Crippen LogP contribution in [-0.4, -0.2) is 23.5 Å². The average molecular weight is 349 g/mol. The summed E-state index contributed by atoms with van der Waals surface area (Å²) in [6.45, 7) is 7.06. The third kappa shape index (κ3) is 4.65. The van der Waals surface area contributed by atoms with Crippen LogP contribution in [0.15, 0.2) is 24.3 Å². The number of anilines is 2. The van der Waals surface area contributed by atoms with Crippen molar-refractivity contribution in [3.63, 3.8) is 0 Å². The summed E-state index contributed by atoms with van der Waals surface area (Å²) in [4.78, 5) is 16.6. The molecule has 0 spiro atoms. The lowest BCUT2D eigenvalue weighted by Crippen LogP contribution is -2.41. The number of aromatic nitrogens is 1. The van der Waals surface area contributed by atoms with E-state index in [4.69, 9.17) is 4.74 Å². The molecule has 0 radical (unpaired) electrons. The van der Waals surface area contributed by atoms with Crippen LogP contribution in [0.4, 0.5) is 20.3 Å². The number of nitrogens with zero attached hydrogens (tertiary/aromatic N) is 1. The van der Waals surface area contributed by atoms with Gasteiger partial charge in [0.05, 0.1) is 7.11 Å². The van der Waals surface area contributed by atoms with Crippen LogP contribution in [0.3, 0.4) is 0 Å². The molecule has 0 aliphatic rings. The summed E-state index contributed by atoms with van der Waals surface area (Å²) in [5.41, 5.74) is 0.115. The molecule has 2 rings (SSSR count). The molecule has 1 heterocycles. The summed E-state index contributed by atoms with van der Waals surface area (Å²) in [7, 11) is 1.43. The SMILES string of the molecule is COc1ccc(Nc2cc(F)cc(F)c2C)nc1C(=O)NC(C)(C)C. The van der Waals surface area contributed by atoms with Gasteiger partial charge in [-0.05, 0) is 45.9 Å². The van der Waals surface area contributed by atoms with Crippen LogP contribution in [0.1, 0.15) is 36.8 Å². The Morgan fingerprint density at radius 3 is 2.48 bits per heavy atom. The molecule has 2 aromatic rings. The van der Waals surface area contributed by atoms with Gasteiger partial charge in [0, 0.05) is 22.9 Å². The lowest BCUT2D eigenvalue weighted by molar-refractivity contribution is 0.0911. The largest absolute Gasteiger partial charge is 0.494 e. The van der Waals surface area contributed by atoms with Crippen molar-refractivity contribution in [3.8, 4) is 5.75 Å². The molecular formula is C18H21F2N3O2. The lowest BCUT2D eigenvalue weighted by atomic mass is 10.1. The van der Waals surface area contributed by atoms with E-state index in [2.05, 4.69) is 15.6 Å². The van der Waals surface area contributed by atoms with E-state index in [1.165, 1.54) is 20.1 Å². The number of carbonyl (C=O) groups is 1. The van der Waals surface area contributed by atoms with E-state index < -0.39 is 23.1 Å². The van der Waals surface area contributed by atoms with E-state index in [9.17, 15) is 13.6 Å². The van der Waals surface area contributed by atoms with E-state index in [-0.39, 0.29) is 22.8 Å². The number of amides is 1. The maximum atomic E-state index is 13.7. The number of carbonyl (C=O) groups excluding carboxylic acids is 1. The van der Waals surface area contributed by atoms with E-state index in [0.717, 1.165) is 6.07 Å². The number of hydrogen-bond donors (Lipinski definition) is 2. The highest BCUT2D eigenvalue weighted by Gasteiger charge is 2.21. The first-order chi connectivity index (χ1) is 11.6. The fourth-order valence-electron chi connectivity index (χ4n) is 2.16. The van der Waals surface area contributed by atoms with Crippen molar-refractivity contribution in [2.75, 3.05) is 12.4 Å². The van der Waals surface area contributed by atoms with Gasteiger partial charge in [-0.25, -0.2) is 13.8 Å². The van der Waals surface area contributed by atoms with E-state index in [0.29, 0.717) is 5.75 Å². The van der Waals surface area contributed by atoms with Gasteiger partial charge in [-0.3, -0.25) is 4.79 Å². The maximum Gasteiger partial charge on any atom is 0.274 e. The van der Waals surface area contributed by atoms with Gasteiger partial charge in [-0.1, -0.05) is 0 Å². The van der Waals surface area contributed by atoms with E-state index in [1.807, 2.05) is 20.8 Å². The fourth-order valence-corrected chi connectivity index (χ4v) is 2.16. The van der Waals surface area contributed by atoms with Crippen molar-refractivity contribution in [2.24, 2.45) is 0 Å². The van der Waals surface area contributed by atoms with Crippen molar-refractivity contribution >= 4 is 17.4 Å². The standard InChI is InChI=1S/C18H21F2N3O2/c1-10-12(20)8-11(19)9-13(10)21-15-7-6-14(25-5)16(22-15)17(24)23-18(2,3)4/h6-9H,1-5H3,(H,21,22)(H,23,24). The summed E-state index contributed by atoms with van der Waals surface area (Å²) in [5, 5.41) is 5.64. The molecule has 0 unspecified atom stereocenters. The van der Waals surface area contributed by atoms with Gasteiger partial charge in [-0.2, -0.15) is 0 Å². The van der Waals surface area contributed by atoms with Crippen LogP contribution in [0.5, 0.6) is 5.75 Å². The number of methoxy groups -OCH3 is 1. The van der Waals surface area contributed by atoms with Crippen LogP contribution in [0, 0.1) is 18.6 Å².